The van der Waals surface area contributed by atoms with Gasteiger partial charge in [0.25, 0.3) is 5.91 Å². The van der Waals surface area contributed by atoms with Crippen molar-refractivity contribution >= 4 is 5.91 Å². The second-order valence-electron chi connectivity index (χ2n) is 4.69. The van der Waals surface area contributed by atoms with Crippen LogP contribution in [0.15, 0.2) is 18.2 Å². The van der Waals surface area contributed by atoms with Gasteiger partial charge in [-0.2, -0.15) is 0 Å². The van der Waals surface area contributed by atoms with Gasteiger partial charge in [0.2, 0.25) is 0 Å². The van der Waals surface area contributed by atoms with E-state index in [1.54, 1.807) is 0 Å². The van der Waals surface area contributed by atoms with Crippen molar-refractivity contribution in [1.82, 2.24) is 5.32 Å². The standard InChI is InChI=1S/C13H17NO5/c15-9-2-1-3-10(16)11(9)12(17)14-8-13(18)4-6-19-7-5-13/h1-3,15-16,18H,4-8H2,(H,14,17). The Kier molecular flexibility index (Phi) is 3.92. The molecular formula is C13H17NO5. The van der Waals surface area contributed by atoms with Crippen LogP contribution in [-0.4, -0.2) is 46.6 Å². The number of aromatic hydroxyl groups is 2. The summed E-state index contributed by atoms with van der Waals surface area (Å²) in [5.74, 6) is -1.21. The molecule has 0 aromatic heterocycles. The van der Waals surface area contributed by atoms with Crippen LogP contribution in [0.4, 0.5) is 0 Å². The molecule has 0 saturated carbocycles. The van der Waals surface area contributed by atoms with Crippen molar-refractivity contribution < 1.29 is 24.9 Å². The van der Waals surface area contributed by atoms with E-state index in [2.05, 4.69) is 5.32 Å². The summed E-state index contributed by atoms with van der Waals surface area (Å²) in [5, 5.41) is 31.8. The molecular weight excluding hydrogens is 250 g/mol. The SMILES string of the molecule is O=C(NCC1(O)CCOCC1)c1c(O)cccc1O. The van der Waals surface area contributed by atoms with Crippen molar-refractivity contribution in [3.63, 3.8) is 0 Å². The smallest absolute Gasteiger partial charge is 0.258 e. The third-order valence-electron chi connectivity index (χ3n) is 3.25. The van der Waals surface area contributed by atoms with Gasteiger partial charge >= 0.3 is 0 Å². The van der Waals surface area contributed by atoms with Crippen LogP contribution in [0.3, 0.4) is 0 Å². The fraction of sp³-hybridized carbons (Fsp3) is 0.462. The molecule has 1 heterocycles. The number of hydrogen-bond acceptors (Lipinski definition) is 5. The summed E-state index contributed by atoms with van der Waals surface area (Å²) >= 11 is 0. The molecule has 6 heteroatoms. The first kappa shape index (κ1) is 13.6. The Hall–Kier alpha value is -1.79. The van der Waals surface area contributed by atoms with Crippen molar-refractivity contribution in [2.45, 2.75) is 18.4 Å². The summed E-state index contributed by atoms with van der Waals surface area (Å²) in [5.41, 5.74) is -1.17. The highest BCUT2D eigenvalue weighted by Crippen LogP contribution is 2.26. The van der Waals surface area contributed by atoms with E-state index in [0.29, 0.717) is 26.1 Å². The largest absolute Gasteiger partial charge is 0.507 e. The Morgan fingerprint density at radius 1 is 1.26 bits per heavy atom. The second kappa shape index (κ2) is 5.46. The number of benzene rings is 1. The van der Waals surface area contributed by atoms with E-state index >= 15 is 0 Å². The Balaban J connectivity index is 2.01. The molecule has 1 aromatic rings. The van der Waals surface area contributed by atoms with Crippen LogP contribution < -0.4 is 5.32 Å². The number of phenols is 2. The minimum absolute atomic E-state index is 0.0585. The summed E-state index contributed by atoms with van der Waals surface area (Å²) < 4.78 is 5.14. The van der Waals surface area contributed by atoms with Crippen molar-refractivity contribution in [1.29, 1.82) is 0 Å². The Labute approximate surface area is 110 Å². The minimum atomic E-state index is -0.992. The highest BCUT2D eigenvalue weighted by atomic mass is 16.5. The molecule has 1 aliphatic rings. The normalized spacial score (nSPS) is 17.9. The van der Waals surface area contributed by atoms with Crippen LogP contribution in [0.2, 0.25) is 0 Å². The quantitative estimate of drug-likeness (QED) is 0.634. The fourth-order valence-electron chi connectivity index (χ4n) is 2.02. The molecule has 0 atom stereocenters. The van der Waals surface area contributed by atoms with Gasteiger partial charge in [-0.1, -0.05) is 6.07 Å². The zero-order valence-electron chi connectivity index (χ0n) is 10.4. The van der Waals surface area contributed by atoms with E-state index in [9.17, 15) is 20.1 Å². The van der Waals surface area contributed by atoms with Crippen molar-refractivity contribution in [3.05, 3.63) is 23.8 Å². The van der Waals surface area contributed by atoms with Gasteiger partial charge in [-0.15, -0.1) is 0 Å². The maximum Gasteiger partial charge on any atom is 0.258 e. The first-order valence-electron chi connectivity index (χ1n) is 6.11. The molecule has 104 valence electrons. The summed E-state index contributed by atoms with van der Waals surface area (Å²) in [4.78, 5) is 11.9. The topological polar surface area (TPSA) is 99.0 Å². The Morgan fingerprint density at radius 3 is 2.42 bits per heavy atom. The number of carbonyl (C=O) groups is 1. The number of amides is 1. The Morgan fingerprint density at radius 2 is 1.84 bits per heavy atom. The van der Waals surface area contributed by atoms with Crippen LogP contribution in [0.5, 0.6) is 11.5 Å². The summed E-state index contributed by atoms with van der Waals surface area (Å²) in [6, 6.07) is 4.07. The van der Waals surface area contributed by atoms with Crippen LogP contribution in [0.25, 0.3) is 0 Å². The molecule has 4 N–H and O–H groups in total. The highest BCUT2D eigenvalue weighted by Gasteiger charge is 2.30. The molecule has 1 amide bonds. The van der Waals surface area contributed by atoms with Gasteiger partial charge < -0.3 is 25.4 Å². The molecule has 0 aliphatic carbocycles. The molecule has 1 fully saturated rings. The van der Waals surface area contributed by atoms with Gasteiger partial charge in [0, 0.05) is 32.6 Å². The number of nitrogens with one attached hydrogen (secondary N) is 1. The van der Waals surface area contributed by atoms with Crippen molar-refractivity contribution in [2.75, 3.05) is 19.8 Å². The van der Waals surface area contributed by atoms with Crippen LogP contribution >= 0.6 is 0 Å². The predicted molar refractivity (Wildman–Crippen MR) is 67.1 cm³/mol. The van der Waals surface area contributed by atoms with Crippen molar-refractivity contribution in [3.8, 4) is 11.5 Å². The number of rotatable bonds is 3. The van der Waals surface area contributed by atoms with Crippen LogP contribution in [0, 0.1) is 0 Å². The molecule has 1 saturated heterocycles. The minimum Gasteiger partial charge on any atom is -0.507 e. The first-order valence-corrected chi connectivity index (χ1v) is 6.11. The third kappa shape index (κ3) is 3.15. The van der Waals surface area contributed by atoms with Gasteiger partial charge in [0.1, 0.15) is 17.1 Å². The van der Waals surface area contributed by atoms with Gasteiger partial charge in [-0.25, -0.2) is 0 Å². The summed E-state index contributed by atoms with van der Waals surface area (Å²) in [7, 11) is 0. The lowest BCUT2D eigenvalue weighted by atomic mass is 9.94. The lowest BCUT2D eigenvalue weighted by Gasteiger charge is -2.32. The molecule has 19 heavy (non-hydrogen) atoms. The van der Waals surface area contributed by atoms with Crippen LogP contribution in [0.1, 0.15) is 23.2 Å². The average Bonchev–Trinajstić information content (AvgIpc) is 2.37. The zero-order valence-corrected chi connectivity index (χ0v) is 10.4. The number of carbonyl (C=O) groups excluding carboxylic acids is 1. The van der Waals surface area contributed by atoms with E-state index in [0.717, 1.165) is 0 Å². The summed E-state index contributed by atoms with van der Waals surface area (Å²) in [6.45, 7) is 0.964. The highest BCUT2D eigenvalue weighted by molar-refractivity contribution is 5.99. The average molecular weight is 267 g/mol. The van der Waals surface area contributed by atoms with Gasteiger partial charge in [0.05, 0.1) is 5.60 Å². The van der Waals surface area contributed by atoms with E-state index in [1.807, 2.05) is 0 Å². The lowest BCUT2D eigenvalue weighted by molar-refractivity contribution is -0.0605. The van der Waals surface area contributed by atoms with Crippen molar-refractivity contribution in [2.24, 2.45) is 0 Å². The monoisotopic (exact) mass is 267 g/mol. The second-order valence-corrected chi connectivity index (χ2v) is 4.69. The molecule has 0 bridgehead atoms. The molecule has 0 unspecified atom stereocenters. The third-order valence-corrected chi connectivity index (χ3v) is 3.25. The van der Waals surface area contributed by atoms with E-state index in [1.165, 1.54) is 18.2 Å². The maximum absolute atomic E-state index is 11.9. The number of phenolic OH excluding ortho intramolecular Hbond substituents is 2. The predicted octanol–water partition coefficient (Wildman–Crippen LogP) is 0.369. The molecule has 0 radical (unpaired) electrons. The summed E-state index contributed by atoms with van der Waals surface area (Å²) in [6.07, 6.45) is 0.889. The lowest BCUT2D eigenvalue weighted by Crippen LogP contribution is -2.46. The van der Waals surface area contributed by atoms with E-state index in [4.69, 9.17) is 4.74 Å². The van der Waals surface area contributed by atoms with Gasteiger partial charge in [0.15, 0.2) is 0 Å². The molecule has 1 aliphatic heterocycles. The number of ether oxygens (including phenoxy) is 1. The number of aliphatic hydroxyl groups is 1. The van der Waals surface area contributed by atoms with E-state index in [-0.39, 0.29) is 23.6 Å². The maximum atomic E-state index is 11.9. The fourth-order valence-corrected chi connectivity index (χ4v) is 2.02. The van der Waals surface area contributed by atoms with Gasteiger partial charge in [-0.05, 0) is 12.1 Å². The van der Waals surface area contributed by atoms with Gasteiger partial charge in [-0.3, -0.25) is 4.79 Å². The first-order chi connectivity index (χ1) is 9.02. The molecule has 0 spiro atoms. The molecule has 1 aromatic carbocycles. The molecule has 2 rings (SSSR count). The zero-order chi connectivity index (χ0) is 13.9. The van der Waals surface area contributed by atoms with Crippen LogP contribution in [-0.2, 0) is 4.74 Å². The molecule has 6 nitrogen and oxygen atoms in total. The number of hydrogen-bond donors (Lipinski definition) is 4. The van der Waals surface area contributed by atoms with E-state index < -0.39 is 11.5 Å². The Bertz CT molecular complexity index is 448.